The van der Waals surface area contributed by atoms with E-state index >= 15 is 0 Å². The summed E-state index contributed by atoms with van der Waals surface area (Å²) in [4.78, 5) is 4.04. The molecule has 0 aliphatic heterocycles. The lowest BCUT2D eigenvalue weighted by Crippen LogP contribution is -2.06. The van der Waals surface area contributed by atoms with Crippen molar-refractivity contribution in [1.82, 2.24) is 4.98 Å². The normalized spacial score (nSPS) is 10.7. The van der Waals surface area contributed by atoms with Gasteiger partial charge in [-0.25, -0.2) is 5.84 Å². The topological polar surface area (TPSA) is 64.1 Å². The zero-order valence-corrected chi connectivity index (χ0v) is 8.69. The van der Waals surface area contributed by atoms with Gasteiger partial charge in [0.25, 0.3) is 0 Å². The van der Waals surface area contributed by atoms with Gasteiger partial charge >= 0.3 is 6.01 Å². The summed E-state index contributed by atoms with van der Waals surface area (Å²) >= 11 is 9.20. The second-order valence-corrected chi connectivity index (χ2v) is 3.72. The highest BCUT2D eigenvalue weighted by atomic mass is 79.9. The molecule has 0 radical (unpaired) electrons. The Morgan fingerprint density at radius 3 is 3.00 bits per heavy atom. The number of nitrogen functional groups attached to an aromatic ring is 1. The maximum Gasteiger partial charge on any atom is 0.310 e. The number of rotatable bonds is 1. The van der Waals surface area contributed by atoms with E-state index in [1.165, 1.54) is 0 Å². The number of hydrogen-bond acceptors (Lipinski definition) is 4. The molecule has 0 amide bonds. The molecule has 0 aliphatic rings. The Labute approximate surface area is 87.2 Å². The molecule has 68 valence electrons. The predicted molar refractivity (Wildman–Crippen MR) is 54.5 cm³/mol. The molecule has 0 aliphatic carbocycles. The summed E-state index contributed by atoms with van der Waals surface area (Å²) in [7, 11) is 0. The molecular formula is C7H5BrClN3O. The first-order valence-corrected chi connectivity index (χ1v) is 4.60. The van der Waals surface area contributed by atoms with Gasteiger partial charge < -0.3 is 4.42 Å². The Morgan fingerprint density at radius 1 is 1.54 bits per heavy atom. The third-order valence-electron chi connectivity index (χ3n) is 1.53. The minimum atomic E-state index is 0.245. The zero-order valence-electron chi connectivity index (χ0n) is 6.34. The van der Waals surface area contributed by atoms with Crippen LogP contribution in [0.1, 0.15) is 0 Å². The molecule has 0 bridgehead atoms. The average Bonchev–Trinajstić information content (AvgIpc) is 2.47. The van der Waals surface area contributed by atoms with E-state index in [-0.39, 0.29) is 6.01 Å². The van der Waals surface area contributed by atoms with E-state index in [1.54, 1.807) is 12.1 Å². The van der Waals surface area contributed by atoms with Crippen molar-refractivity contribution in [2.75, 3.05) is 5.43 Å². The van der Waals surface area contributed by atoms with Crippen molar-refractivity contribution in [1.29, 1.82) is 0 Å². The number of nitrogens with one attached hydrogen (secondary N) is 1. The van der Waals surface area contributed by atoms with Crippen LogP contribution in [0.15, 0.2) is 21.0 Å². The van der Waals surface area contributed by atoms with Crippen molar-refractivity contribution in [3.8, 4) is 0 Å². The van der Waals surface area contributed by atoms with E-state index in [1.807, 2.05) is 0 Å². The summed E-state index contributed by atoms with van der Waals surface area (Å²) in [5.74, 6) is 5.14. The van der Waals surface area contributed by atoms with E-state index in [4.69, 9.17) is 21.9 Å². The summed E-state index contributed by atoms with van der Waals surface area (Å²) in [6.07, 6.45) is 0. The molecule has 13 heavy (non-hydrogen) atoms. The smallest absolute Gasteiger partial charge is 0.310 e. The molecule has 0 unspecified atom stereocenters. The van der Waals surface area contributed by atoms with Gasteiger partial charge in [-0.3, -0.25) is 5.43 Å². The van der Waals surface area contributed by atoms with Gasteiger partial charge in [0, 0.05) is 4.47 Å². The number of benzene rings is 1. The average molecular weight is 262 g/mol. The number of nitrogens with two attached hydrogens (primary N) is 1. The van der Waals surface area contributed by atoms with Crippen LogP contribution in [0.2, 0.25) is 5.02 Å². The number of anilines is 1. The SMILES string of the molecule is NNc1nc2cc(Br)cc(Cl)c2o1. The number of hydrogen-bond donors (Lipinski definition) is 2. The maximum atomic E-state index is 5.90. The Hall–Kier alpha value is -0.780. The lowest BCUT2D eigenvalue weighted by molar-refractivity contribution is 0.617. The van der Waals surface area contributed by atoms with Crippen molar-refractivity contribution in [2.45, 2.75) is 0 Å². The van der Waals surface area contributed by atoms with Gasteiger partial charge in [0.1, 0.15) is 5.52 Å². The standard InChI is InChI=1S/C7H5BrClN3O/c8-3-1-4(9)6-5(2-3)11-7(12-10)13-6/h1-2H,10H2,(H,11,12). The molecule has 6 heteroatoms. The summed E-state index contributed by atoms with van der Waals surface area (Å²) in [6, 6.07) is 3.77. The Morgan fingerprint density at radius 2 is 2.31 bits per heavy atom. The predicted octanol–water partition coefficient (Wildman–Crippen LogP) is 2.53. The fourth-order valence-electron chi connectivity index (χ4n) is 1.02. The fourth-order valence-corrected chi connectivity index (χ4v) is 1.85. The Kier molecular flexibility index (Phi) is 2.15. The van der Waals surface area contributed by atoms with E-state index in [0.717, 1.165) is 4.47 Å². The number of aromatic nitrogens is 1. The van der Waals surface area contributed by atoms with Crippen LogP contribution in [0, 0.1) is 0 Å². The maximum absolute atomic E-state index is 5.90. The van der Waals surface area contributed by atoms with Crippen molar-refractivity contribution >= 4 is 44.6 Å². The Balaban J connectivity index is 2.75. The van der Waals surface area contributed by atoms with Crippen molar-refractivity contribution < 1.29 is 4.42 Å². The molecule has 0 saturated carbocycles. The molecule has 1 aromatic heterocycles. The highest BCUT2D eigenvalue weighted by molar-refractivity contribution is 9.10. The molecule has 1 heterocycles. The third kappa shape index (κ3) is 1.50. The summed E-state index contributed by atoms with van der Waals surface area (Å²) in [5.41, 5.74) is 3.50. The highest BCUT2D eigenvalue weighted by Gasteiger charge is 2.08. The summed E-state index contributed by atoms with van der Waals surface area (Å²) in [6.45, 7) is 0. The number of fused-ring (bicyclic) bond motifs is 1. The van der Waals surface area contributed by atoms with Gasteiger partial charge in [-0.05, 0) is 12.1 Å². The van der Waals surface area contributed by atoms with E-state index in [0.29, 0.717) is 16.1 Å². The number of oxazole rings is 1. The summed E-state index contributed by atoms with van der Waals surface area (Å²) < 4.78 is 6.05. The minimum Gasteiger partial charge on any atom is -0.421 e. The van der Waals surface area contributed by atoms with E-state index in [2.05, 4.69) is 26.3 Å². The van der Waals surface area contributed by atoms with Gasteiger partial charge in [-0.1, -0.05) is 27.5 Å². The van der Waals surface area contributed by atoms with Gasteiger partial charge in [0.15, 0.2) is 5.58 Å². The highest BCUT2D eigenvalue weighted by Crippen LogP contribution is 2.29. The molecule has 0 spiro atoms. The number of nitrogens with zero attached hydrogens (tertiary/aromatic N) is 1. The number of hydrazine groups is 1. The molecule has 2 aromatic rings. The second kappa shape index (κ2) is 3.17. The van der Waals surface area contributed by atoms with Gasteiger partial charge in [-0.2, -0.15) is 4.98 Å². The third-order valence-corrected chi connectivity index (χ3v) is 2.27. The largest absolute Gasteiger partial charge is 0.421 e. The first-order chi connectivity index (χ1) is 6.20. The van der Waals surface area contributed by atoms with Gasteiger partial charge in [0.2, 0.25) is 0 Å². The van der Waals surface area contributed by atoms with Crippen molar-refractivity contribution in [2.24, 2.45) is 5.84 Å². The number of halogens is 2. The molecule has 2 rings (SSSR count). The van der Waals surface area contributed by atoms with Crippen LogP contribution in [0.3, 0.4) is 0 Å². The quantitative estimate of drug-likeness (QED) is 0.612. The van der Waals surface area contributed by atoms with E-state index in [9.17, 15) is 0 Å². The molecule has 1 aromatic carbocycles. The monoisotopic (exact) mass is 261 g/mol. The van der Waals surface area contributed by atoms with Crippen LogP contribution in [-0.4, -0.2) is 4.98 Å². The van der Waals surface area contributed by atoms with E-state index < -0.39 is 0 Å². The molecule has 3 N–H and O–H groups in total. The van der Waals surface area contributed by atoms with Crippen LogP contribution in [0.25, 0.3) is 11.1 Å². The van der Waals surface area contributed by atoms with Crippen LogP contribution >= 0.6 is 27.5 Å². The van der Waals surface area contributed by atoms with Crippen LogP contribution < -0.4 is 11.3 Å². The molecular weight excluding hydrogens is 257 g/mol. The van der Waals surface area contributed by atoms with Gasteiger partial charge in [0.05, 0.1) is 5.02 Å². The minimum absolute atomic E-state index is 0.245. The lowest BCUT2D eigenvalue weighted by atomic mass is 10.3. The van der Waals surface area contributed by atoms with Crippen molar-refractivity contribution in [3.63, 3.8) is 0 Å². The van der Waals surface area contributed by atoms with Crippen molar-refractivity contribution in [3.05, 3.63) is 21.6 Å². The molecule has 0 saturated heterocycles. The first kappa shape index (κ1) is 8.80. The Bertz CT molecular complexity index is 456. The molecule has 0 atom stereocenters. The molecule has 0 fully saturated rings. The molecule has 4 nitrogen and oxygen atoms in total. The van der Waals surface area contributed by atoms with Crippen LogP contribution in [0.4, 0.5) is 6.01 Å². The van der Waals surface area contributed by atoms with Gasteiger partial charge in [-0.15, -0.1) is 0 Å². The second-order valence-electron chi connectivity index (χ2n) is 2.40. The fraction of sp³-hybridized carbons (Fsp3) is 0. The van der Waals surface area contributed by atoms with Crippen LogP contribution in [0.5, 0.6) is 0 Å². The first-order valence-electron chi connectivity index (χ1n) is 3.43. The lowest BCUT2D eigenvalue weighted by Gasteiger charge is -1.91. The zero-order chi connectivity index (χ0) is 9.42. The van der Waals surface area contributed by atoms with Crippen LogP contribution in [-0.2, 0) is 0 Å². The summed E-state index contributed by atoms with van der Waals surface area (Å²) in [5, 5.41) is 0.498.